The number of methoxy groups -OCH3 is 1. The van der Waals surface area contributed by atoms with Gasteiger partial charge in [0.15, 0.2) is 5.65 Å². The van der Waals surface area contributed by atoms with Crippen molar-refractivity contribution >= 4 is 11.6 Å². The molecule has 5 heteroatoms. The maximum Gasteiger partial charge on any atom is 0.308 e. The lowest BCUT2D eigenvalue weighted by atomic mass is 9.79. The van der Waals surface area contributed by atoms with Gasteiger partial charge in [0.2, 0.25) is 0 Å². The van der Waals surface area contributed by atoms with Gasteiger partial charge in [-0.25, -0.2) is 9.50 Å². The summed E-state index contributed by atoms with van der Waals surface area (Å²) in [5, 5.41) is 4.40. The fourth-order valence-electron chi connectivity index (χ4n) is 3.25. The molecule has 0 atom stereocenters. The number of nitrogens with zero attached hydrogens (tertiary/aromatic N) is 3. The number of esters is 1. The van der Waals surface area contributed by atoms with E-state index in [1.807, 2.05) is 23.8 Å². The summed E-state index contributed by atoms with van der Waals surface area (Å²) in [6.45, 7) is 1.97. The third-order valence-electron chi connectivity index (χ3n) is 4.40. The Labute approximate surface area is 124 Å². The molecule has 1 fully saturated rings. The quantitative estimate of drug-likeness (QED) is 0.814. The number of aryl methyl sites for hydroxylation is 1. The van der Waals surface area contributed by atoms with Crippen LogP contribution in [0.5, 0.6) is 0 Å². The molecular formula is C16H21N3O2. The molecule has 1 saturated carbocycles. The van der Waals surface area contributed by atoms with E-state index < -0.39 is 0 Å². The highest BCUT2D eigenvalue weighted by Crippen LogP contribution is 2.31. The fraction of sp³-hybridized carbons (Fsp3) is 0.562. The normalized spacial score (nSPS) is 22.4. The number of carbonyl (C=O) groups excluding carboxylic acids is 1. The molecule has 0 unspecified atom stereocenters. The first-order valence-electron chi connectivity index (χ1n) is 7.54. The molecular weight excluding hydrogens is 266 g/mol. The van der Waals surface area contributed by atoms with Gasteiger partial charge in [-0.1, -0.05) is 0 Å². The number of aromatic nitrogens is 3. The van der Waals surface area contributed by atoms with Crippen molar-refractivity contribution in [3.63, 3.8) is 0 Å². The highest BCUT2D eigenvalue weighted by atomic mass is 16.5. The molecule has 2 aromatic heterocycles. The van der Waals surface area contributed by atoms with E-state index in [-0.39, 0.29) is 11.9 Å². The average Bonchev–Trinajstić information content (AvgIpc) is 2.86. The SMILES string of the molecule is COC(=O)C1CCC(Cc2cnn3cc(C)nc3c2)CC1. The van der Waals surface area contributed by atoms with Gasteiger partial charge >= 0.3 is 5.97 Å². The van der Waals surface area contributed by atoms with Gasteiger partial charge in [-0.05, 0) is 56.6 Å². The molecule has 2 heterocycles. The first-order valence-corrected chi connectivity index (χ1v) is 7.54. The predicted molar refractivity (Wildman–Crippen MR) is 78.9 cm³/mol. The third kappa shape index (κ3) is 3.06. The maximum absolute atomic E-state index is 11.5. The smallest absolute Gasteiger partial charge is 0.308 e. The summed E-state index contributed by atoms with van der Waals surface area (Å²) in [7, 11) is 1.47. The number of imidazole rings is 1. The number of hydrogen-bond donors (Lipinski definition) is 0. The van der Waals surface area contributed by atoms with Gasteiger partial charge in [-0.3, -0.25) is 4.79 Å². The molecule has 0 radical (unpaired) electrons. The van der Waals surface area contributed by atoms with Crippen LogP contribution in [0.1, 0.15) is 36.9 Å². The lowest BCUT2D eigenvalue weighted by molar-refractivity contribution is -0.146. The number of hydrogen-bond acceptors (Lipinski definition) is 4. The molecule has 0 spiro atoms. The zero-order valence-electron chi connectivity index (χ0n) is 12.6. The molecule has 0 amide bonds. The zero-order valence-corrected chi connectivity index (χ0v) is 12.6. The lowest BCUT2D eigenvalue weighted by Gasteiger charge is -2.26. The van der Waals surface area contributed by atoms with Gasteiger partial charge in [-0.2, -0.15) is 5.10 Å². The molecule has 0 aliphatic heterocycles. The van der Waals surface area contributed by atoms with Gasteiger partial charge in [-0.15, -0.1) is 0 Å². The molecule has 2 aromatic rings. The standard InChI is InChI=1S/C16H21N3O2/c1-11-10-19-15(18-11)8-13(9-17-19)7-12-3-5-14(6-4-12)16(20)21-2/h8-10,12,14H,3-7H2,1-2H3. The number of fused-ring (bicyclic) bond motifs is 1. The summed E-state index contributed by atoms with van der Waals surface area (Å²) >= 11 is 0. The summed E-state index contributed by atoms with van der Waals surface area (Å²) in [5.41, 5.74) is 3.13. The molecule has 21 heavy (non-hydrogen) atoms. The Kier molecular flexibility index (Phi) is 3.90. The van der Waals surface area contributed by atoms with Gasteiger partial charge in [0, 0.05) is 0 Å². The summed E-state index contributed by atoms with van der Waals surface area (Å²) in [6, 6.07) is 2.12. The van der Waals surface area contributed by atoms with Crippen LogP contribution in [0.25, 0.3) is 5.65 Å². The van der Waals surface area contributed by atoms with E-state index in [4.69, 9.17) is 4.74 Å². The summed E-state index contributed by atoms with van der Waals surface area (Å²) in [6.07, 6.45) is 8.92. The minimum Gasteiger partial charge on any atom is -0.469 e. The van der Waals surface area contributed by atoms with E-state index in [0.717, 1.165) is 43.4 Å². The topological polar surface area (TPSA) is 56.5 Å². The van der Waals surface area contributed by atoms with E-state index in [1.54, 1.807) is 0 Å². The Morgan fingerprint density at radius 3 is 2.86 bits per heavy atom. The minimum atomic E-state index is -0.0515. The van der Waals surface area contributed by atoms with E-state index in [2.05, 4.69) is 16.1 Å². The summed E-state index contributed by atoms with van der Waals surface area (Å²) < 4.78 is 6.65. The van der Waals surface area contributed by atoms with E-state index in [0.29, 0.717) is 5.92 Å². The summed E-state index contributed by atoms with van der Waals surface area (Å²) in [5.74, 6) is 0.678. The Morgan fingerprint density at radius 1 is 1.38 bits per heavy atom. The number of ether oxygens (including phenoxy) is 1. The second kappa shape index (κ2) is 5.84. The molecule has 0 bridgehead atoms. The Hall–Kier alpha value is -1.91. The largest absolute Gasteiger partial charge is 0.469 e. The average molecular weight is 287 g/mol. The fourth-order valence-corrected chi connectivity index (χ4v) is 3.25. The van der Waals surface area contributed by atoms with Crippen molar-refractivity contribution < 1.29 is 9.53 Å². The van der Waals surface area contributed by atoms with Crippen LogP contribution in [0.2, 0.25) is 0 Å². The molecule has 0 N–H and O–H groups in total. The predicted octanol–water partition coefficient (Wildman–Crippen LogP) is 2.56. The highest BCUT2D eigenvalue weighted by Gasteiger charge is 2.26. The van der Waals surface area contributed by atoms with Crippen LogP contribution in [0, 0.1) is 18.8 Å². The second-order valence-corrected chi connectivity index (χ2v) is 5.99. The van der Waals surface area contributed by atoms with Crippen LogP contribution in [-0.2, 0) is 16.0 Å². The van der Waals surface area contributed by atoms with Crippen molar-refractivity contribution in [2.45, 2.75) is 39.0 Å². The maximum atomic E-state index is 11.5. The molecule has 0 saturated heterocycles. The van der Waals surface area contributed by atoms with Crippen LogP contribution in [0.15, 0.2) is 18.5 Å². The molecule has 1 aliphatic carbocycles. The lowest BCUT2D eigenvalue weighted by Crippen LogP contribution is -2.23. The molecule has 5 nitrogen and oxygen atoms in total. The van der Waals surface area contributed by atoms with Crippen molar-refractivity contribution in [1.29, 1.82) is 0 Å². The number of carbonyl (C=O) groups is 1. The first-order chi connectivity index (χ1) is 10.2. The van der Waals surface area contributed by atoms with Gasteiger partial charge in [0.05, 0.1) is 31.1 Å². The zero-order chi connectivity index (χ0) is 14.8. The Balaban J connectivity index is 1.62. The molecule has 3 rings (SSSR count). The monoisotopic (exact) mass is 287 g/mol. The Bertz CT molecular complexity index is 642. The van der Waals surface area contributed by atoms with Crippen LogP contribution in [0.3, 0.4) is 0 Å². The van der Waals surface area contributed by atoms with Crippen molar-refractivity contribution in [3.05, 3.63) is 29.7 Å². The highest BCUT2D eigenvalue weighted by molar-refractivity contribution is 5.72. The van der Waals surface area contributed by atoms with Gasteiger partial charge in [0.1, 0.15) is 0 Å². The third-order valence-corrected chi connectivity index (χ3v) is 4.40. The second-order valence-electron chi connectivity index (χ2n) is 5.99. The van der Waals surface area contributed by atoms with Gasteiger partial charge in [0.25, 0.3) is 0 Å². The van der Waals surface area contributed by atoms with E-state index in [9.17, 15) is 4.79 Å². The van der Waals surface area contributed by atoms with Crippen LogP contribution in [-0.4, -0.2) is 27.7 Å². The minimum absolute atomic E-state index is 0.0515. The molecule has 112 valence electrons. The first kappa shape index (κ1) is 14.0. The van der Waals surface area contributed by atoms with Crippen LogP contribution in [0.4, 0.5) is 0 Å². The van der Waals surface area contributed by atoms with Gasteiger partial charge < -0.3 is 4.74 Å². The summed E-state index contributed by atoms with van der Waals surface area (Å²) in [4.78, 5) is 16.0. The van der Waals surface area contributed by atoms with Crippen LogP contribution >= 0.6 is 0 Å². The van der Waals surface area contributed by atoms with E-state index in [1.165, 1.54) is 12.7 Å². The van der Waals surface area contributed by atoms with E-state index >= 15 is 0 Å². The van der Waals surface area contributed by atoms with Crippen molar-refractivity contribution in [1.82, 2.24) is 14.6 Å². The van der Waals surface area contributed by atoms with Crippen LogP contribution < -0.4 is 0 Å². The van der Waals surface area contributed by atoms with Crippen molar-refractivity contribution in [2.75, 3.05) is 7.11 Å². The molecule has 0 aromatic carbocycles. The number of rotatable bonds is 3. The van der Waals surface area contributed by atoms with Crippen molar-refractivity contribution in [2.24, 2.45) is 11.8 Å². The Morgan fingerprint density at radius 2 is 2.14 bits per heavy atom. The van der Waals surface area contributed by atoms with Crippen molar-refractivity contribution in [3.8, 4) is 0 Å². The molecule has 1 aliphatic rings.